The topological polar surface area (TPSA) is 58.6 Å². The molecule has 2 aromatic carbocycles. The lowest BCUT2D eigenvalue weighted by molar-refractivity contribution is -0.122. The Labute approximate surface area is 138 Å². The van der Waals surface area contributed by atoms with Crippen LogP contribution in [0.25, 0.3) is 0 Å². The van der Waals surface area contributed by atoms with Gasteiger partial charge in [-0.05, 0) is 36.4 Å². The highest BCUT2D eigenvalue weighted by Crippen LogP contribution is 2.24. The van der Waals surface area contributed by atoms with Crippen molar-refractivity contribution in [3.63, 3.8) is 0 Å². The quantitative estimate of drug-likeness (QED) is 0.601. The number of carbonyl (C=O) groups excluding carboxylic acids is 1. The van der Waals surface area contributed by atoms with Crippen LogP contribution in [-0.2, 0) is 4.79 Å². The molecule has 0 aliphatic carbocycles. The number of hydrogen-bond donors (Lipinski definition) is 2. The SMILES string of the molecule is O=C(COc1ccccc1O)NCCSc1ccc(Cl)cc1. The number of benzene rings is 2. The molecule has 0 bridgehead atoms. The van der Waals surface area contributed by atoms with E-state index in [-0.39, 0.29) is 18.3 Å². The summed E-state index contributed by atoms with van der Waals surface area (Å²) in [5, 5.41) is 13.0. The zero-order chi connectivity index (χ0) is 15.8. The van der Waals surface area contributed by atoms with Gasteiger partial charge in [0.15, 0.2) is 18.1 Å². The van der Waals surface area contributed by atoms with Crippen molar-refractivity contribution in [2.24, 2.45) is 0 Å². The van der Waals surface area contributed by atoms with Gasteiger partial charge in [0, 0.05) is 22.2 Å². The van der Waals surface area contributed by atoms with Crippen molar-refractivity contribution in [1.82, 2.24) is 5.32 Å². The molecule has 0 atom stereocenters. The van der Waals surface area contributed by atoms with Gasteiger partial charge >= 0.3 is 0 Å². The molecular weight excluding hydrogens is 322 g/mol. The summed E-state index contributed by atoms with van der Waals surface area (Å²) in [5.41, 5.74) is 0. The van der Waals surface area contributed by atoms with Crippen LogP contribution in [0.2, 0.25) is 5.02 Å². The molecule has 0 aliphatic heterocycles. The second-order valence-corrected chi connectivity index (χ2v) is 6.01. The average molecular weight is 338 g/mol. The van der Waals surface area contributed by atoms with Crippen LogP contribution in [0.1, 0.15) is 0 Å². The van der Waals surface area contributed by atoms with Gasteiger partial charge in [-0.1, -0.05) is 23.7 Å². The standard InChI is InChI=1S/C16H16ClNO3S/c17-12-5-7-13(8-6-12)22-10-9-18-16(20)11-21-15-4-2-1-3-14(15)19/h1-8,19H,9-11H2,(H,18,20). The molecule has 1 amide bonds. The van der Waals surface area contributed by atoms with Gasteiger partial charge in [0.2, 0.25) is 0 Å². The molecule has 0 heterocycles. The van der Waals surface area contributed by atoms with Crippen LogP contribution in [0, 0.1) is 0 Å². The Bertz CT molecular complexity index is 619. The third kappa shape index (κ3) is 5.50. The summed E-state index contributed by atoms with van der Waals surface area (Å²) in [4.78, 5) is 12.7. The lowest BCUT2D eigenvalue weighted by Crippen LogP contribution is -2.30. The maximum Gasteiger partial charge on any atom is 0.257 e. The van der Waals surface area contributed by atoms with Crippen molar-refractivity contribution in [2.45, 2.75) is 4.90 Å². The van der Waals surface area contributed by atoms with Gasteiger partial charge in [-0.25, -0.2) is 0 Å². The summed E-state index contributed by atoms with van der Waals surface area (Å²) < 4.78 is 5.24. The fourth-order valence-electron chi connectivity index (χ4n) is 1.66. The van der Waals surface area contributed by atoms with Crippen LogP contribution in [0.15, 0.2) is 53.4 Å². The zero-order valence-electron chi connectivity index (χ0n) is 11.8. The smallest absolute Gasteiger partial charge is 0.257 e. The number of ether oxygens (including phenoxy) is 1. The van der Waals surface area contributed by atoms with E-state index in [0.717, 1.165) is 10.6 Å². The molecule has 0 aliphatic rings. The van der Waals surface area contributed by atoms with Crippen molar-refractivity contribution >= 4 is 29.3 Å². The predicted molar refractivity (Wildman–Crippen MR) is 88.8 cm³/mol. The van der Waals surface area contributed by atoms with E-state index in [1.165, 1.54) is 6.07 Å². The monoisotopic (exact) mass is 337 g/mol. The molecule has 0 spiro atoms. The van der Waals surface area contributed by atoms with Crippen LogP contribution in [0.4, 0.5) is 0 Å². The molecule has 0 aromatic heterocycles. The summed E-state index contributed by atoms with van der Waals surface area (Å²) >= 11 is 7.45. The molecule has 2 rings (SSSR count). The molecule has 6 heteroatoms. The second kappa shape index (κ2) is 8.56. The maximum atomic E-state index is 11.6. The first kappa shape index (κ1) is 16.5. The minimum Gasteiger partial charge on any atom is -0.504 e. The molecule has 0 radical (unpaired) electrons. The molecule has 22 heavy (non-hydrogen) atoms. The van der Waals surface area contributed by atoms with Crippen LogP contribution in [-0.4, -0.2) is 29.9 Å². The first-order valence-electron chi connectivity index (χ1n) is 6.71. The number of phenols is 1. The first-order valence-corrected chi connectivity index (χ1v) is 8.07. The Morgan fingerprint density at radius 3 is 2.64 bits per heavy atom. The Balaban J connectivity index is 1.64. The van der Waals surface area contributed by atoms with E-state index in [9.17, 15) is 9.90 Å². The van der Waals surface area contributed by atoms with Crippen molar-refractivity contribution < 1.29 is 14.6 Å². The Kier molecular flexibility index (Phi) is 6.43. The molecule has 2 aromatic rings. The maximum absolute atomic E-state index is 11.6. The van der Waals surface area contributed by atoms with Gasteiger partial charge in [0.1, 0.15) is 0 Å². The largest absolute Gasteiger partial charge is 0.504 e. The minimum atomic E-state index is -0.222. The molecule has 116 valence electrons. The summed E-state index contributed by atoms with van der Waals surface area (Å²) in [6, 6.07) is 14.1. The number of phenolic OH excluding ortho intramolecular Hbond substituents is 1. The number of nitrogens with one attached hydrogen (secondary N) is 1. The number of rotatable bonds is 7. The van der Waals surface area contributed by atoms with Crippen molar-refractivity contribution in [3.05, 3.63) is 53.6 Å². The number of amides is 1. The van der Waals surface area contributed by atoms with E-state index in [1.54, 1.807) is 30.0 Å². The normalized spacial score (nSPS) is 10.2. The molecular formula is C16H16ClNO3S. The highest BCUT2D eigenvalue weighted by atomic mass is 35.5. The third-order valence-corrected chi connectivity index (χ3v) is 4.00. The van der Waals surface area contributed by atoms with Crippen LogP contribution in [0.5, 0.6) is 11.5 Å². The Hall–Kier alpha value is -1.85. The third-order valence-electron chi connectivity index (χ3n) is 2.73. The fraction of sp³-hybridized carbons (Fsp3) is 0.188. The molecule has 4 nitrogen and oxygen atoms in total. The Morgan fingerprint density at radius 2 is 1.91 bits per heavy atom. The lowest BCUT2D eigenvalue weighted by Gasteiger charge is -2.08. The highest BCUT2D eigenvalue weighted by Gasteiger charge is 2.05. The van der Waals surface area contributed by atoms with Gasteiger partial charge in [-0.3, -0.25) is 4.79 Å². The molecule has 0 saturated carbocycles. The van der Waals surface area contributed by atoms with E-state index in [2.05, 4.69) is 5.32 Å². The van der Waals surface area contributed by atoms with E-state index in [0.29, 0.717) is 17.3 Å². The number of para-hydroxylation sites is 2. The Morgan fingerprint density at radius 1 is 1.18 bits per heavy atom. The first-order chi connectivity index (χ1) is 10.6. The van der Waals surface area contributed by atoms with E-state index < -0.39 is 0 Å². The summed E-state index contributed by atoms with van der Waals surface area (Å²) in [7, 11) is 0. The van der Waals surface area contributed by atoms with E-state index in [4.69, 9.17) is 16.3 Å². The molecule has 0 saturated heterocycles. The summed E-state index contributed by atoms with van der Waals surface area (Å²) in [6.07, 6.45) is 0. The second-order valence-electron chi connectivity index (χ2n) is 4.41. The van der Waals surface area contributed by atoms with E-state index in [1.807, 2.05) is 24.3 Å². The van der Waals surface area contributed by atoms with Crippen molar-refractivity contribution in [3.8, 4) is 11.5 Å². The summed E-state index contributed by atoms with van der Waals surface area (Å²) in [6.45, 7) is 0.416. The van der Waals surface area contributed by atoms with Gasteiger partial charge in [-0.2, -0.15) is 0 Å². The van der Waals surface area contributed by atoms with Crippen LogP contribution >= 0.6 is 23.4 Å². The van der Waals surface area contributed by atoms with Crippen molar-refractivity contribution in [2.75, 3.05) is 18.9 Å². The molecule has 0 unspecified atom stereocenters. The van der Waals surface area contributed by atoms with Gasteiger partial charge in [0.05, 0.1) is 0 Å². The predicted octanol–water partition coefficient (Wildman–Crippen LogP) is 3.33. The van der Waals surface area contributed by atoms with Gasteiger partial charge in [0.25, 0.3) is 5.91 Å². The van der Waals surface area contributed by atoms with E-state index >= 15 is 0 Å². The fourth-order valence-corrected chi connectivity index (χ4v) is 2.56. The van der Waals surface area contributed by atoms with Crippen molar-refractivity contribution in [1.29, 1.82) is 0 Å². The van der Waals surface area contributed by atoms with Crippen LogP contribution in [0.3, 0.4) is 0 Å². The highest BCUT2D eigenvalue weighted by molar-refractivity contribution is 7.99. The van der Waals surface area contributed by atoms with Crippen LogP contribution < -0.4 is 10.1 Å². The lowest BCUT2D eigenvalue weighted by atomic mass is 10.3. The summed E-state index contributed by atoms with van der Waals surface area (Å²) in [5.74, 6) is 0.853. The number of aromatic hydroxyl groups is 1. The minimum absolute atomic E-state index is 0.0218. The number of carbonyl (C=O) groups is 1. The average Bonchev–Trinajstić information content (AvgIpc) is 2.52. The number of thioether (sulfide) groups is 1. The van der Waals surface area contributed by atoms with Gasteiger partial charge < -0.3 is 15.2 Å². The zero-order valence-corrected chi connectivity index (χ0v) is 13.4. The number of hydrogen-bond acceptors (Lipinski definition) is 4. The number of halogens is 1. The molecule has 2 N–H and O–H groups in total. The molecule has 0 fully saturated rings. The van der Waals surface area contributed by atoms with Gasteiger partial charge in [-0.15, -0.1) is 11.8 Å².